The first-order valence-corrected chi connectivity index (χ1v) is 30.1. The molecule has 0 amide bonds. The van der Waals surface area contributed by atoms with Gasteiger partial charge in [-0.05, 0) is 0 Å². The summed E-state index contributed by atoms with van der Waals surface area (Å²) in [6, 6.07) is 0. The van der Waals surface area contributed by atoms with Crippen molar-refractivity contribution < 1.29 is 8.09 Å². The summed E-state index contributed by atoms with van der Waals surface area (Å²) < 4.78 is 0. The standard InChI is InChI=1S/3C9H21P.Co.HI/c3*1-4-7-10(8-5-2)9-6-3;;/h3*4-9H2,1-3H3;;1H/q;;;-2;/p+2. The zero-order valence-corrected chi connectivity index (χ0v) is 30.1. The van der Waals surface area contributed by atoms with Crippen molar-refractivity contribution >= 4 is 38.4 Å². The van der Waals surface area contributed by atoms with E-state index in [2.05, 4.69) is 82.7 Å². The Balaban J connectivity index is 7.63. The number of halogens is 1. The predicted molar refractivity (Wildman–Crippen MR) is 175 cm³/mol. The van der Waals surface area contributed by atoms with Gasteiger partial charge in [0, 0.05) is 0 Å². The van der Waals surface area contributed by atoms with Gasteiger partial charge in [0.15, 0.2) is 0 Å². The van der Waals surface area contributed by atoms with Crippen LogP contribution in [-0.2, 0) is 8.09 Å². The maximum absolute atomic E-state index is 3.52. The molecule has 0 bridgehead atoms. The molecule has 205 valence electrons. The minimum atomic E-state index is -1.32. The minimum absolute atomic E-state index is 0.928. The molecule has 0 aliphatic rings. The van der Waals surface area contributed by atoms with E-state index >= 15 is 0 Å². The first-order chi connectivity index (χ1) is 15.3. The Morgan fingerprint density at radius 1 is 0.344 bits per heavy atom. The molecule has 0 aromatic heterocycles. The van der Waals surface area contributed by atoms with Crippen LogP contribution in [-0.4, -0.2) is 55.5 Å². The monoisotopic (exact) mass is 669 g/mol. The summed E-state index contributed by atoms with van der Waals surface area (Å²) in [7, 11) is -0.928. The van der Waals surface area contributed by atoms with E-state index in [9.17, 15) is 0 Å². The normalized spacial score (nSPS) is 17.7. The van der Waals surface area contributed by atoms with E-state index < -0.39 is 26.1 Å². The third-order valence-corrected chi connectivity index (χ3v) is 98.2. The predicted octanol–water partition coefficient (Wildman–Crippen LogP) is 11.2. The van der Waals surface area contributed by atoms with Crippen LogP contribution in [0.15, 0.2) is 0 Å². The van der Waals surface area contributed by atoms with Crippen LogP contribution < -0.4 is 0 Å². The van der Waals surface area contributed by atoms with E-state index in [1.54, 1.807) is 55.5 Å². The van der Waals surface area contributed by atoms with Gasteiger partial charge in [-0.15, -0.1) is 0 Å². The van der Waals surface area contributed by atoms with E-state index in [0.717, 1.165) is 0 Å². The fourth-order valence-electron chi connectivity index (χ4n) is 7.22. The molecule has 0 nitrogen and oxygen atoms in total. The zero-order chi connectivity index (χ0) is 24.7. The van der Waals surface area contributed by atoms with Crippen molar-refractivity contribution in [2.75, 3.05) is 55.5 Å². The average molecular weight is 670 g/mol. The molecular formula is C27H66CoIP3. The molecule has 0 saturated carbocycles. The quantitative estimate of drug-likeness (QED) is 0.0843. The molecule has 32 heavy (non-hydrogen) atoms. The molecule has 0 heterocycles. The van der Waals surface area contributed by atoms with Crippen LogP contribution in [0.1, 0.15) is 120 Å². The van der Waals surface area contributed by atoms with Crippen LogP contribution >= 0.6 is 38.4 Å². The third kappa shape index (κ3) is 7.53. The van der Waals surface area contributed by atoms with Gasteiger partial charge in [-0.3, -0.25) is 0 Å². The van der Waals surface area contributed by atoms with Gasteiger partial charge in [0.1, 0.15) is 0 Å². The van der Waals surface area contributed by atoms with Crippen LogP contribution in [0, 0.1) is 0 Å². The van der Waals surface area contributed by atoms with Crippen LogP contribution in [0.25, 0.3) is 0 Å². The van der Waals surface area contributed by atoms with Crippen molar-refractivity contribution in [1.82, 2.24) is 0 Å². The molecule has 0 aromatic rings. The molecule has 0 unspecified atom stereocenters. The molecule has 0 atom stereocenters. The van der Waals surface area contributed by atoms with E-state index in [0.29, 0.717) is 0 Å². The number of hydrogen-bond donors (Lipinski definition) is 0. The Hall–Kier alpha value is 2.53. The molecular weight excluding hydrogens is 603 g/mol. The Morgan fingerprint density at radius 2 is 0.469 bits per heavy atom. The third-order valence-electron chi connectivity index (χ3n) is 7.64. The van der Waals surface area contributed by atoms with Gasteiger partial charge in [-0.1, -0.05) is 0 Å². The van der Waals surface area contributed by atoms with E-state index in [-0.39, 0.29) is 0 Å². The molecule has 0 aromatic carbocycles. The average Bonchev–Trinajstić information content (AvgIpc) is 2.74. The van der Waals surface area contributed by atoms with Crippen molar-refractivity contribution in [1.29, 1.82) is 0 Å². The SMILES string of the molecule is CCC[PH](CCC)(CCC)[Co]([I])([PH](CCC)(CCC)CCC)[PH](CCC)(CCC)CCC. The maximum atomic E-state index is 3.52. The number of rotatable bonds is 21. The second kappa shape index (κ2) is 17.9. The van der Waals surface area contributed by atoms with Gasteiger partial charge in [0.2, 0.25) is 0 Å². The molecule has 0 aliphatic carbocycles. The molecule has 0 rings (SSSR count). The molecule has 0 fully saturated rings. The van der Waals surface area contributed by atoms with Gasteiger partial charge in [0.05, 0.1) is 0 Å². The van der Waals surface area contributed by atoms with Crippen LogP contribution in [0.3, 0.4) is 0 Å². The Morgan fingerprint density at radius 3 is 0.562 bits per heavy atom. The Kier molecular flexibility index (Phi) is 19.3. The summed E-state index contributed by atoms with van der Waals surface area (Å²) >= 11 is 3.52. The van der Waals surface area contributed by atoms with Crippen LogP contribution in [0.2, 0.25) is 0 Å². The van der Waals surface area contributed by atoms with Gasteiger partial charge < -0.3 is 0 Å². The number of hydrogen-bond acceptors (Lipinski definition) is 0. The van der Waals surface area contributed by atoms with Gasteiger partial charge in [0.25, 0.3) is 0 Å². The fraction of sp³-hybridized carbons (Fsp3) is 1.00. The molecule has 0 aliphatic heterocycles. The van der Waals surface area contributed by atoms with Crippen molar-refractivity contribution in [2.45, 2.75) is 120 Å². The molecule has 5 heteroatoms. The molecule has 0 spiro atoms. The summed E-state index contributed by atoms with van der Waals surface area (Å²) in [5.41, 5.74) is 0. The second-order valence-corrected chi connectivity index (χ2v) is 56.1. The van der Waals surface area contributed by atoms with Crippen LogP contribution in [0.5, 0.6) is 0 Å². The Bertz CT molecular complexity index is 356. The summed E-state index contributed by atoms with van der Waals surface area (Å²) in [5, 5.41) is 0. The fourth-order valence-corrected chi connectivity index (χ4v) is 115. The summed E-state index contributed by atoms with van der Waals surface area (Å²) in [6.07, 6.45) is 28.4. The first kappa shape index (κ1) is 34.5. The Labute approximate surface area is 220 Å². The summed E-state index contributed by atoms with van der Waals surface area (Å²) in [4.78, 5) is 0. The summed E-state index contributed by atoms with van der Waals surface area (Å²) in [6.45, 7) is 23.0. The topological polar surface area (TPSA) is 0 Å². The van der Waals surface area contributed by atoms with Gasteiger partial charge in [-0.25, -0.2) is 0 Å². The van der Waals surface area contributed by atoms with Gasteiger partial charge in [-0.2, -0.15) is 0 Å². The van der Waals surface area contributed by atoms with E-state index in [4.69, 9.17) is 0 Å². The van der Waals surface area contributed by atoms with Crippen molar-refractivity contribution in [3.8, 4) is 0 Å². The van der Waals surface area contributed by atoms with E-state index in [1.165, 1.54) is 57.8 Å². The second-order valence-electron chi connectivity index (χ2n) is 10.5. The van der Waals surface area contributed by atoms with Crippen LogP contribution in [0.4, 0.5) is 0 Å². The zero-order valence-electron chi connectivity index (χ0n) is 23.9. The van der Waals surface area contributed by atoms with Crippen molar-refractivity contribution in [2.24, 2.45) is 0 Å². The molecule has 0 N–H and O–H groups in total. The van der Waals surface area contributed by atoms with Gasteiger partial charge >= 0.3 is 222 Å². The molecule has 0 radical (unpaired) electrons. The van der Waals surface area contributed by atoms with Crippen molar-refractivity contribution in [3.05, 3.63) is 0 Å². The first-order valence-electron chi connectivity index (χ1n) is 14.7. The van der Waals surface area contributed by atoms with E-state index in [1.807, 2.05) is 0 Å². The summed E-state index contributed by atoms with van der Waals surface area (Å²) in [5.74, 6) is -3.97. The van der Waals surface area contributed by atoms with Crippen molar-refractivity contribution in [3.63, 3.8) is 0 Å². The molecule has 0 saturated heterocycles.